The summed E-state index contributed by atoms with van der Waals surface area (Å²) in [5.74, 6) is -0.868. The van der Waals surface area contributed by atoms with Crippen molar-refractivity contribution in [3.63, 3.8) is 0 Å². The summed E-state index contributed by atoms with van der Waals surface area (Å²) in [6, 6.07) is 10.4. The lowest BCUT2D eigenvalue weighted by Crippen LogP contribution is -2.34. The van der Waals surface area contributed by atoms with Crippen molar-refractivity contribution in [1.29, 1.82) is 0 Å². The van der Waals surface area contributed by atoms with Crippen LogP contribution in [0.2, 0.25) is 10.0 Å². The van der Waals surface area contributed by atoms with Crippen molar-refractivity contribution < 1.29 is 14.0 Å². The number of aliphatic imine (C=N–C) groups is 1. The number of amidine groups is 1. The molecule has 1 saturated heterocycles. The van der Waals surface area contributed by atoms with Gasteiger partial charge in [0.25, 0.3) is 0 Å². The predicted octanol–water partition coefficient (Wildman–Crippen LogP) is 5.89. The van der Waals surface area contributed by atoms with Crippen molar-refractivity contribution in [2.45, 2.75) is 31.4 Å². The zero-order valence-electron chi connectivity index (χ0n) is 16.2. The monoisotopic (exact) mass is 467 g/mol. The lowest BCUT2D eigenvalue weighted by Gasteiger charge is -2.16. The first kappa shape index (κ1) is 22.6. The minimum absolute atomic E-state index is 0.0151. The van der Waals surface area contributed by atoms with Crippen LogP contribution in [0.15, 0.2) is 47.5 Å². The first-order valence-electron chi connectivity index (χ1n) is 9.44. The molecule has 0 spiro atoms. The lowest BCUT2D eigenvalue weighted by molar-refractivity contribution is -0.128. The van der Waals surface area contributed by atoms with Gasteiger partial charge in [0.15, 0.2) is 5.17 Å². The van der Waals surface area contributed by atoms with Gasteiger partial charge in [-0.05, 0) is 48.9 Å². The van der Waals surface area contributed by atoms with Gasteiger partial charge >= 0.3 is 0 Å². The topological polar surface area (TPSA) is 61.8 Å². The second kappa shape index (κ2) is 10.3. The van der Waals surface area contributed by atoms with Gasteiger partial charge in [-0.2, -0.15) is 0 Å². The molecule has 30 heavy (non-hydrogen) atoms. The van der Waals surface area contributed by atoms with Crippen molar-refractivity contribution in [3.8, 4) is 0 Å². The number of nitrogens with one attached hydrogen (secondary N) is 1. The molecular formula is C21H20Cl2FN3O2S. The lowest BCUT2D eigenvalue weighted by atomic mass is 10.2. The van der Waals surface area contributed by atoms with E-state index in [1.807, 2.05) is 6.92 Å². The molecule has 1 N–H and O–H groups in total. The van der Waals surface area contributed by atoms with Gasteiger partial charge in [0.05, 0.1) is 5.69 Å². The van der Waals surface area contributed by atoms with Crippen molar-refractivity contribution >= 4 is 63.3 Å². The Morgan fingerprint density at radius 3 is 2.50 bits per heavy atom. The fraction of sp³-hybridized carbons (Fsp3) is 0.286. The predicted molar refractivity (Wildman–Crippen MR) is 121 cm³/mol. The zero-order valence-corrected chi connectivity index (χ0v) is 18.5. The largest absolute Gasteiger partial charge is 0.326 e. The summed E-state index contributed by atoms with van der Waals surface area (Å²) in [5, 5.41) is 3.52. The van der Waals surface area contributed by atoms with Crippen LogP contribution in [-0.2, 0) is 9.59 Å². The van der Waals surface area contributed by atoms with Crippen LogP contribution in [0.5, 0.6) is 0 Å². The van der Waals surface area contributed by atoms with E-state index in [0.29, 0.717) is 33.1 Å². The van der Waals surface area contributed by atoms with Crippen molar-refractivity contribution in [2.24, 2.45) is 4.99 Å². The summed E-state index contributed by atoms with van der Waals surface area (Å²) in [5.41, 5.74) is 1.02. The highest BCUT2D eigenvalue weighted by Crippen LogP contribution is 2.33. The van der Waals surface area contributed by atoms with E-state index in [-0.39, 0.29) is 24.1 Å². The Balaban J connectivity index is 1.75. The molecule has 9 heteroatoms. The molecule has 5 nitrogen and oxygen atoms in total. The number of carbonyl (C=O) groups is 2. The van der Waals surface area contributed by atoms with Crippen LogP contribution in [0.25, 0.3) is 0 Å². The van der Waals surface area contributed by atoms with E-state index in [2.05, 4.69) is 10.3 Å². The molecule has 158 valence electrons. The number of benzene rings is 2. The number of carbonyl (C=O) groups excluding carboxylic acids is 2. The molecule has 0 saturated carbocycles. The zero-order chi connectivity index (χ0) is 21.7. The molecule has 1 fully saturated rings. The van der Waals surface area contributed by atoms with Crippen LogP contribution in [0.4, 0.5) is 15.8 Å². The molecule has 2 aromatic carbocycles. The van der Waals surface area contributed by atoms with Crippen LogP contribution in [0, 0.1) is 5.82 Å². The van der Waals surface area contributed by atoms with E-state index in [9.17, 15) is 14.0 Å². The Hall–Kier alpha value is -2.09. The molecule has 2 amide bonds. The summed E-state index contributed by atoms with van der Waals surface area (Å²) >= 11 is 13.3. The smallest absolute Gasteiger partial charge is 0.242 e. The third-order valence-corrected chi connectivity index (χ3v) is 5.94. The van der Waals surface area contributed by atoms with Crippen LogP contribution >= 0.6 is 35.0 Å². The standard InChI is InChI=1S/C21H20Cl2FN3O2S/c1-2-3-8-27-20(29)18(12-19(28)25-16-6-4-15(24)5-7-16)30-21(27)26-17-10-13(22)9-14(23)11-17/h4-7,9-11,18H,2-3,8,12H2,1H3,(H,25,28)/t18-/m1/s1. The number of hydrogen-bond acceptors (Lipinski definition) is 4. The SMILES string of the molecule is CCCCN1C(=O)[C@@H](CC(=O)Nc2ccc(F)cc2)SC1=Nc1cc(Cl)cc(Cl)c1. The van der Waals surface area contributed by atoms with Gasteiger partial charge in [0, 0.05) is 28.7 Å². The quantitative estimate of drug-likeness (QED) is 0.551. The van der Waals surface area contributed by atoms with E-state index in [1.165, 1.54) is 36.0 Å². The third-order valence-electron chi connectivity index (χ3n) is 4.33. The first-order valence-corrected chi connectivity index (χ1v) is 11.1. The highest BCUT2D eigenvalue weighted by atomic mass is 35.5. The van der Waals surface area contributed by atoms with Gasteiger partial charge in [0.1, 0.15) is 11.1 Å². The van der Waals surface area contributed by atoms with Crippen molar-refractivity contribution in [2.75, 3.05) is 11.9 Å². The molecule has 0 aromatic heterocycles. The van der Waals surface area contributed by atoms with Gasteiger partial charge in [-0.1, -0.05) is 48.3 Å². The Kier molecular flexibility index (Phi) is 7.75. The average Bonchev–Trinajstić information content (AvgIpc) is 2.95. The highest BCUT2D eigenvalue weighted by molar-refractivity contribution is 8.15. The number of halogens is 3. The van der Waals surface area contributed by atoms with Crippen molar-refractivity contribution in [3.05, 3.63) is 58.3 Å². The maximum absolute atomic E-state index is 13.0. The van der Waals surface area contributed by atoms with Gasteiger partial charge in [-0.3, -0.25) is 14.5 Å². The molecular weight excluding hydrogens is 448 g/mol. The number of anilines is 1. The van der Waals surface area contributed by atoms with Gasteiger partial charge in [-0.25, -0.2) is 9.38 Å². The highest BCUT2D eigenvalue weighted by Gasteiger charge is 2.38. The van der Waals surface area contributed by atoms with E-state index < -0.39 is 5.25 Å². The van der Waals surface area contributed by atoms with Crippen molar-refractivity contribution in [1.82, 2.24) is 4.90 Å². The number of thioether (sulfide) groups is 1. The van der Waals surface area contributed by atoms with Gasteiger partial charge < -0.3 is 5.32 Å². The molecule has 3 rings (SSSR count). The molecule has 1 aliphatic heterocycles. The molecule has 0 bridgehead atoms. The Morgan fingerprint density at radius 1 is 1.20 bits per heavy atom. The fourth-order valence-corrected chi connectivity index (χ4v) is 4.57. The maximum atomic E-state index is 13.0. The minimum Gasteiger partial charge on any atom is -0.326 e. The Labute approximate surface area is 188 Å². The van der Waals surface area contributed by atoms with Crippen LogP contribution in [-0.4, -0.2) is 33.7 Å². The van der Waals surface area contributed by atoms with Gasteiger partial charge in [0.2, 0.25) is 11.8 Å². The molecule has 0 aliphatic carbocycles. The second-order valence-electron chi connectivity index (χ2n) is 6.73. The van der Waals surface area contributed by atoms with E-state index in [0.717, 1.165) is 12.8 Å². The molecule has 1 atom stereocenters. The number of hydrogen-bond donors (Lipinski definition) is 1. The Morgan fingerprint density at radius 2 is 1.87 bits per heavy atom. The van der Waals surface area contributed by atoms with Crippen LogP contribution in [0.3, 0.4) is 0 Å². The fourth-order valence-electron chi connectivity index (χ4n) is 2.87. The summed E-state index contributed by atoms with van der Waals surface area (Å²) in [4.78, 5) is 31.5. The summed E-state index contributed by atoms with van der Waals surface area (Å²) in [6.45, 7) is 2.56. The van der Waals surface area contributed by atoms with Crippen LogP contribution in [0.1, 0.15) is 26.2 Å². The number of rotatable bonds is 7. The number of amides is 2. The maximum Gasteiger partial charge on any atom is 0.242 e. The first-order chi connectivity index (χ1) is 14.4. The number of unbranched alkanes of at least 4 members (excludes halogenated alkanes) is 1. The Bertz CT molecular complexity index is 949. The molecule has 0 unspecified atom stereocenters. The molecule has 2 aromatic rings. The summed E-state index contributed by atoms with van der Waals surface area (Å²) in [7, 11) is 0. The third kappa shape index (κ3) is 5.97. The van der Waals surface area contributed by atoms with E-state index in [4.69, 9.17) is 23.2 Å². The second-order valence-corrected chi connectivity index (χ2v) is 8.77. The average molecular weight is 468 g/mol. The normalized spacial score (nSPS) is 17.6. The summed E-state index contributed by atoms with van der Waals surface area (Å²) in [6.07, 6.45) is 1.72. The molecule has 0 radical (unpaired) electrons. The number of nitrogens with zero attached hydrogens (tertiary/aromatic N) is 2. The minimum atomic E-state index is -0.587. The van der Waals surface area contributed by atoms with Crippen LogP contribution < -0.4 is 5.32 Å². The van der Waals surface area contributed by atoms with E-state index >= 15 is 0 Å². The summed E-state index contributed by atoms with van der Waals surface area (Å²) < 4.78 is 13.0. The molecule has 1 heterocycles. The molecule has 1 aliphatic rings. The van der Waals surface area contributed by atoms with Gasteiger partial charge in [-0.15, -0.1) is 0 Å². The van der Waals surface area contributed by atoms with E-state index in [1.54, 1.807) is 23.1 Å².